The van der Waals surface area contributed by atoms with E-state index in [0.29, 0.717) is 34.3 Å². The maximum atomic E-state index is 13.2. The minimum atomic E-state index is -0.992. The molecular weight excluding hydrogens is 414 g/mol. The minimum absolute atomic E-state index is 0.307. The van der Waals surface area contributed by atoms with Gasteiger partial charge >= 0.3 is 11.9 Å². The lowest BCUT2D eigenvalue weighted by atomic mass is 9.98. The maximum absolute atomic E-state index is 13.2. The van der Waals surface area contributed by atoms with E-state index >= 15 is 0 Å². The lowest BCUT2D eigenvalue weighted by Crippen LogP contribution is -2.35. The number of ketones is 1. The van der Waals surface area contributed by atoms with Crippen LogP contribution in [0.4, 0.5) is 0 Å². The van der Waals surface area contributed by atoms with E-state index in [1.807, 2.05) is 6.07 Å². The average Bonchev–Trinajstić information content (AvgIpc) is 3.22. The fourth-order valence-electron chi connectivity index (χ4n) is 3.30. The standard InChI is InChI=1S/C21H20ClNO5S/c1-12(24)29-18(11-19(25)28-21(27)17-7-4-10-23-17)20(26)15-8-9-16(22)14-6-3-2-5-13(14)15/h2-3,5-6,8-9,17-18,23H,4,7,10-11H2,1H3/t17-,18?/m0/s1. The Balaban J connectivity index is 1.80. The monoisotopic (exact) mass is 433 g/mol. The number of nitrogens with one attached hydrogen (secondary N) is 1. The van der Waals surface area contributed by atoms with Crippen molar-refractivity contribution in [1.29, 1.82) is 0 Å². The predicted octanol–water partition coefficient (Wildman–Crippen LogP) is 3.54. The molecule has 2 aromatic rings. The highest BCUT2D eigenvalue weighted by Crippen LogP contribution is 2.30. The zero-order chi connectivity index (χ0) is 21.0. The number of Topliss-reactive ketones (excluding diaryl/α,β-unsaturated/α-hetero) is 1. The SMILES string of the molecule is CC(=O)SC(CC(=O)OC(=O)[C@@H]1CCCN1)C(=O)c1ccc(Cl)c2ccccc12. The first-order valence-electron chi connectivity index (χ1n) is 9.23. The van der Waals surface area contributed by atoms with Gasteiger partial charge in [-0.2, -0.15) is 0 Å². The van der Waals surface area contributed by atoms with Crippen LogP contribution in [0.15, 0.2) is 36.4 Å². The summed E-state index contributed by atoms with van der Waals surface area (Å²) in [6.45, 7) is 2.02. The van der Waals surface area contributed by atoms with E-state index in [0.717, 1.165) is 18.2 Å². The number of hydrogen-bond donors (Lipinski definition) is 1. The van der Waals surface area contributed by atoms with Gasteiger partial charge in [0.15, 0.2) is 10.9 Å². The van der Waals surface area contributed by atoms with Gasteiger partial charge in [0.1, 0.15) is 6.04 Å². The highest BCUT2D eigenvalue weighted by atomic mass is 35.5. The summed E-state index contributed by atoms with van der Waals surface area (Å²) in [4.78, 5) is 49.2. The topological polar surface area (TPSA) is 89.5 Å². The van der Waals surface area contributed by atoms with Crippen molar-refractivity contribution >= 4 is 57.0 Å². The Morgan fingerprint density at radius 3 is 2.55 bits per heavy atom. The third-order valence-electron chi connectivity index (χ3n) is 4.65. The van der Waals surface area contributed by atoms with Crippen LogP contribution in [0, 0.1) is 0 Å². The second-order valence-corrected chi connectivity index (χ2v) is 8.54. The number of ether oxygens (including phenoxy) is 1. The van der Waals surface area contributed by atoms with Gasteiger partial charge in [0.25, 0.3) is 0 Å². The maximum Gasteiger partial charge on any atom is 0.330 e. The van der Waals surface area contributed by atoms with Crippen LogP contribution in [-0.4, -0.2) is 40.7 Å². The molecule has 1 N–H and O–H groups in total. The smallest absolute Gasteiger partial charge is 0.330 e. The van der Waals surface area contributed by atoms with Gasteiger partial charge in [-0.3, -0.25) is 14.4 Å². The summed E-state index contributed by atoms with van der Waals surface area (Å²) in [5.41, 5.74) is 0.361. The number of fused-ring (bicyclic) bond motifs is 1. The molecule has 0 spiro atoms. The highest BCUT2D eigenvalue weighted by molar-refractivity contribution is 8.14. The van der Waals surface area contributed by atoms with Crippen molar-refractivity contribution in [3.63, 3.8) is 0 Å². The molecule has 152 valence electrons. The van der Waals surface area contributed by atoms with Crippen LogP contribution in [0.1, 0.15) is 36.5 Å². The van der Waals surface area contributed by atoms with E-state index in [1.165, 1.54) is 6.92 Å². The number of esters is 2. The van der Waals surface area contributed by atoms with E-state index in [2.05, 4.69) is 5.32 Å². The van der Waals surface area contributed by atoms with Crippen molar-refractivity contribution in [3.05, 3.63) is 47.0 Å². The van der Waals surface area contributed by atoms with E-state index < -0.39 is 23.2 Å². The van der Waals surface area contributed by atoms with Gasteiger partial charge in [0.05, 0.1) is 11.7 Å². The summed E-state index contributed by atoms with van der Waals surface area (Å²) in [7, 11) is 0. The predicted molar refractivity (Wildman–Crippen MR) is 112 cm³/mol. The molecule has 0 aliphatic carbocycles. The second-order valence-electron chi connectivity index (χ2n) is 6.75. The summed E-state index contributed by atoms with van der Waals surface area (Å²) in [5.74, 6) is -1.86. The molecule has 0 bridgehead atoms. The van der Waals surface area contributed by atoms with Crippen molar-refractivity contribution in [2.24, 2.45) is 0 Å². The number of carbonyl (C=O) groups excluding carboxylic acids is 4. The molecule has 29 heavy (non-hydrogen) atoms. The van der Waals surface area contributed by atoms with Crippen molar-refractivity contribution < 1.29 is 23.9 Å². The van der Waals surface area contributed by atoms with Gasteiger partial charge in [-0.15, -0.1) is 0 Å². The van der Waals surface area contributed by atoms with Crippen LogP contribution in [0.25, 0.3) is 10.8 Å². The highest BCUT2D eigenvalue weighted by Gasteiger charge is 2.30. The summed E-state index contributed by atoms with van der Waals surface area (Å²) in [6.07, 6.45) is 1.06. The summed E-state index contributed by atoms with van der Waals surface area (Å²) in [5, 5.41) is 3.50. The molecule has 0 aromatic heterocycles. The Labute approximate surface area is 177 Å². The molecule has 6 nitrogen and oxygen atoms in total. The number of benzene rings is 2. The third-order valence-corrected chi connectivity index (χ3v) is 5.98. The Bertz CT molecular complexity index is 971. The van der Waals surface area contributed by atoms with Crippen LogP contribution < -0.4 is 5.32 Å². The Kier molecular flexibility index (Phi) is 7.05. The van der Waals surface area contributed by atoms with Crippen LogP contribution in [0.5, 0.6) is 0 Å². The first-order chi connectivity index (χ1) is 13.9. The van der Waals surface area contributed by atoms with Gasteiger partial charge in [0.2, 0.25) is 0 Å². The Morgan fingerprint density at radius 1 is 1.17 bits per heavy atom. The molecule has 1 heterocycles. The molecule has 8 heteroatoms. The molecule has 2 aromatic carbocycles. The number of hydrogen-bond acceptors (Lipinski definition) is 7. The molecule has 1 saturated heterocycles. The molecule has 3 rings (SSSR count). The minimum Gasteiger partial charge on any atom is -0.392 e. The molecule has 0 amide bonds. The zero-order valence-electron chi connectivity index (χ0n) is 15.8. The first-order valence-corrected chi connectivity index (χ1v) is 10.5. The van der Waals surface area contributed by atoms with Gasteiger partial charge < -0.3 is 10.1 Å². The van der Waals surface area contributed by atoms with Crippen molar-refractivity contribution in [3.8, 4) is 0 Å². The largest absolute Gasteiger partial charge is 0.392 e. The van der Waals surface area contributed by atoms with E-state index in [9.17, 15) is 19.2 Å². The summed E-state index contributed by atoms with van der Waals surface area (Å²) < 4.78 is 4.90. The molecule has 1 fully saturated rings. The molecule has 2 atom stereocenters. The summed E-state index contributed by atoms with van der Waals surface area (Å²) in [6, 6.07) is 9.84. The first kappa shape index (κ1) is 21.5. The quantitative estimate of drug-likeness (QED) is 0.423. The fourth-order valence-corrected chi connectivity index (χ4v) is 4.38. The van der Waals surface area contributed by atoms with Gasteiger partial charge in [0, 0.05) is 22.9 Å². The van der Waals surface area contributed by atoms with Crippen LogP contribution in [0.2, 0.25) is 5.02 Å². The van der Waals surface area contributed by atoms with Gasteiger partial charge in [-0.25, -0.2) is 4.79 Å². The van der Waals surface area contributed by atoms with Crippen LogP contribution in [0.3, 0.4) is 0 Å². The van der Waals surface area contributed by atoms with E-state index in [1.54, 1.807) is 30.3 Å². The Hall–Kier alpha value is -2.22. The van der Waals surface area contributed by atoms with Crippen LogP contribution in [-0.2, 0) is 19.1 Å². The van der Waals surface area contributed by atoms with E-state index in [4.69, 9.17) is 16.3 Å². The molecular formula is C21H20ClNO5S. The second kappa shape index (κ2) is 9.52. The average molecular weight is 434 g/mol. The summed E-state index contributed by atoms with van der Waals surface area (Å²) >= 11 is 6.97. The molecule has 1 aliphatic rings. The number of rotatable bonds is 6. The van der Waals surface area contributed by atoms with E-state index in [-0.39, 0.29) is 17.3 Å². The lowest BCUT2D eigenvalue weighted by Gasteiger charge is -2.16. The van der Waals surface area contributed by atoms with Crippen molar-refractivity contribution in [2.75, 3.05) is 6.54 Å². The van der Waals surface area contributed by atoms with Crippen molar-refractivity contribution in [2.45, 2.75) is 37.5 Å². The fraction of sp³-hybridized carbons (Fsp3) is 0.333. The molecule has 0 saturated carbocycles. The number of halogens is 1. The van der Waals surface area contributed by atoms with Gasteiger partial charge in [-0.1, -0.05) is 47.6 Å². The van der Waals surface area contributed by atoms with Crippen LogP contribution >= 0.6 is 23.4 Å². The van der Waals surface area contributed by atoms with Crippen molar-refractivity contribution in [1.82, 2.24) is 5.32 Å². The Morgan fingerprint density at radius 2 is 1.90 bits per heavy atom. The molecule has 1 aliphatic heterocycles. The molecule has 1 unspecified atom stereocenters. The normalized spacial score (nSPS) is 17.1. The number of thioether (sulfide) groups is 1. The third kappa shape index (κ3) is 5.23. The lowest BCUT2D eigenvalue weighted by molar-refractivity contribution is -0.160. The number of carbonyl (C=O) groups is 4. The van der Waals surface area contributed by atoms with Gasteiger partial charge in [-0.05, 0) is 36.9 Å². The zero-order valence-corrected chi connectivity index (χ0v) is 17.3. The molecule has 0 radical (unpaired) electrons.